The van der Waals surface area contributed by atoms with Crippen molar-refractivity contribution in [3.05, 3.63) is 35.4 Å². The highest BCUT2D eigenvalue weighted by molar-refractivity contribution is 5.97. The van der Waals surface area contributed by atoms with Gasteiger partial charge in [0.1, 0.15) is 6.04 Å². The Morgan fingerprint density at radius 3 is 2.38 bits per heavy atom. The molecule has 2 N–H and O–H groups in total. The summed E-state index contributed by atoms with van der Waals surface area (Å²) in [5.74, 6) is -0.215. The number of nitrogens with one attached hydrogen (secondary N) is 2. The van der Waals surface area contributed by atoms with Gasteiger partial charge in [0.25, 0.3) is 5.91 Å². The minimum atomic E-state index is -0.510. The zero-order valence-corrected chi connectivity index (χ0v) is 16.1. The smallest absolute Gasteiger partial charge is 0.251 e. The molecule has 1 aromatic rings. The Kier molecular flexibility index (Phi) is 5.97. The van der Waals surface area contributed by atoms with Crippen LogP contribution in [0.1, 0.15) is 55.5 Å². The average Bonchev–Trinajstić information content (AvgIpc) is 3.45. The van der Waals surface area contributed by atoms with E-state index in [1.807, 2.05) is 39.0 Å². The van der Waals surface area contributed by atoms with Gasteiger partial charge in [0.15, 0.2) is 0 Å². The Hall–Kier alpha value is -1.88. The van der Waals surface area contributed by atoms with Crippen molar-refractivity contribution >= 4 is 11.8 Å². The predicted octanol–water partition coefficient (Wildman–Crippen LogP) is 2.49. The van der Waals surface area contributed by atoms with Gasteiger partial charge in [0, 0.05) is 30.7 Å². The predicted molar refractivity (Wildman–Crippen MR) is 103 cm³/mol. The third-order valence-corrected chi connectivity index (χ3v) is 5.46. The third-order valence-electron chi connectivity index (χ3n) is 5.46. The van der Waals surface area contributed by atoms with Gasteiger partial charge in [-0.1, -0.05) is 31.5 Å². The van der Waals surface area contributed by atoms with Crippen molar-refractivity contribution in [1.82, 2.24) is 15.5 Å². The summed E-state index contributed by atoms with van der Waals surface area (Å²) in [6.45, 7) is 8.03. The molecule has 1 aromatic carbocycles. The molecule has 1 aliphatic carbocycles. The number of nitrogens with zero attached hydrogens (tertiary/aromatic N) is 1. The summed E-state index contributed by atoms with van der Waals surface area (Å²) in [5.41, 5.74) is 1.63. The van der Waals surface area contributed by atoms with E-state index in [0.717, 1.165) is 37.5 Å². The highest BCUT2D eigenvalue weighted by Gasteiger charge is 2.33. The van der Waals surface area contributed by atoms with E-state index in [0.29, 0.717) is 5.56 Å². The molecule has 142 valence electrons. The summed E-state index contributed by atoms with van der Waals surface area (Å²) in [6, 6.07) is 7.95. The van der Waals surface area contributed by atoms with Crippen LogP contribution in [0, 0.1) is 12.8 Å². The van der Waals surface area contributed by atoms with Crippen molar-refractivity contribution in [2.45, 2.75) is 64.6 Å². The van der Waals surface area contributed by atoms with E-state index in [4.69, 9.17) is 0 Å². The standard InChI is InChI=1S/C21H31N3O2/c1-14(2)19(23-20(25)16-6-4-5-15(3)13-16)21(26)22-17-9-11-24(12-10-17)18-7-8-18/h4-6,13-14,17-19H,7-12H2,1-3H3,(H,22,26)(H,23,25). The van der Waals surface area contributed by atoms with Crippen molar-refractivity contribution in [2.24, 2.45) is 5.92 Å². The molecule has 1 saturated carbocycles. The van der Waals surface area contributed by atoms with Crippen LogP contribution in [-0.2, 0) is 4.79 Å². The third kappa shape index (κ3) is 4.85. The van der Waals surface area contributed by atoms with Crippen LogP contribution in [0.15, 0.2) is 24.3 Å². The molecule has 1 heterocycles. The number of amides is 2. The van der Waals surface area contributed by atoms with Gasteiger partial charge < -0.3 is 15.5 Å². The molecule has 0 aromatic heterocycles. The summed E-state index contributed by atoms with van der Waals surface area (Å²) in [4.78, 5) is 27.9. The zero-order chi connectivity index (χ0) is 18.7. The van der Waals surface area contributed by atoms with E-state index < -0.39 is 6.04 Å². The van der Waals surface area contributed by atoms with E-state index in [-0.39, 0.29) is 23.8 Å². The molecule has 2 fully saturated rings. The van der Waals surface area contributed by atoms with Crippen molar-refractivity contribution in [3.63, 3.8) is 0 Å². The van der Waals surface area contributed by atoms with E-state index in [2.05, 4.69) is 15.5 Å². The van der Waals surface area contributed by atoms with Crippen LogP contribution < -0.4 is 10.6 Å². The lowest BCUT2D eigenvalue weighted by Gasteiger charge is -2.33. The number of benzene rings is 1. The van der Waals surface area contributed by atoms with Crippen LogP contribution in [-0.4, -0.2) is 47.9 Å². The lowest BCUT2D eigenvalue weighted by atomic mass is 10.00. The van der Waals surface area contributed by atoms with Crippen LogP contribution in [0.5, 0.6) is 0 Å². The first kappa shape index (κ1) is 18.9. The monoisotopic (exact) mass is 357 g/mol. The number of aryl methyl sites for hydroxylation is 1. The Labute approximate surface area is 156 Å². The molecule has 0 radical (unpaired) electrons. The fourth-order valence-corrected chi connectivity index (χ4v) is 3.69. The van der Waals surface area contributed by atoms with Gasteiger partial charge in [-0.25, -0.2) is 0 Å². The first-order valence-electron chi connectivity index (χ1n) is 9.86. The number of rotatable bonds is 6. The Balaban J connectivity index is 1.55. The van der Waals surface area contributed by atoms with Gasteiger partial charge in [0.2, 0.25) is 5.91 Å². The Bertz CT molecular complexity index is 646. The molecule has 1 saturated heterocycles. The first-order valence-corrected chi connectivity index (χ1v) is 9.86. The highest BCUT2D eigenvalue weighted by Crippen LogP contribution is 2.29. The zero-order valence-electron chi connectivity index (χ0n) is 16.1. The van der Waals surface area contributed by atoms with Crippen LogP contribution in [0.25, 0.3) is 0 Å². The number of hydrogen-bond donors (Lipinski definition) is 2. The Morgan fingerprint density at radius 2 is 1.81 bits per heavy atom. The molecule has 26 heavy (non-hydrogen) atoms. The van der Waals surface area contributed by atoms with Crippen molar-refractivity contribution in [3.8, 4) is 0 Å². The van der Waals surface area contributed by atoms with Crippen molar-refractivity contribution in [2.75, 3.05) is 13.1 Å². The molecule has 1 aliphatic heterocycles. The molecule has 1 atom stereocenters. The van der Waals surface area contributed by atoms with Crippen molar-refractivity contribution < 1.29 is 9.59 Å². The van der Waals surface area contributed by atoms with Crippen molar-refractivity contribution in [1.29, 1.82) is 0 Å². The van der Waals surface area contributed by atoms with Crippen LogP contribution in [0.2, 0.25) is 0 Å². The van der Waals surface area contributed by atoms with Crippen LogP contribution in [0.3, 0.4) is 0 Å². The summed E-state index contributed by atoms with van der Waals surface area (Å²) in [6.07, 6.45) is 4.66. The molecule has 2 amide bonds. The van der Waals surface area contributed by atoms with Gasteiger partial charge in [-0.3, -0.25) is 9.59 Å². The summed E-state index contributed by atoms with van der Waals surface area (Å²) in [7, 11) is 0. The Morgan fingerprint density at radius 1 is 1.12 bits per heavy atom. The largest absolute Gasteiger partial charge is 0.351 e. The minimum absolute atomic E-state index is 0.0373. The molecule has 0 spiro atoms. The highest BCUT2D eigenvalue weighted by atomic mass is 16.2. The molecular formula is C21H31N3O2. The number of carbonyl (C=O) groups is 2. The maximum atomic E-state index is 12.8. The fourth-order valence-electron chi connectivity index (χ4n) is 3.69. The van der Waals surface area contributed by atoms with Gasteiger partial charge >= 0.3 is 0 Å². The fraction of sp³-hybridized carbons (Fsp3) is 0.619. The minimum Gasteiger partial charge on any atom is -0.351 e. The molecule has 1 unspecified atom stereocenters. The summed E-state index contributed by atoms with van der Waals surface area (Å²) < 4.78 is 0. The first-order chi connectivity index (χ1) is 12.4. The van der Waals surface area contributed by atoms with Gasteiger partial charge in [0.05, 0.1) is 0 Å². The van der Waals surface area contributed by atoms with Gasteiger partial charge in [-0.15, -0.1) is 0 Å². The molecule has 0 bridgehead atoms. The van der Waals surface area contributed by atoms with E-state index >= 15 is 0 Å². The second-order valence-corrected chi connectivity index (χ2v) is 8.11. The van der Waals surface area contributed by atoms with Gasteiger partial charge in [-0.05, 0) is 50.7 Å². The van der Waals surface area contributed by atoms with Crippen LogP contribution in [0.4, 0.5) is 0 Å². The van der Waals surface area contributed by atoms with E-state index in [1.54, 1.807) is 6.07 Å². The normalized spacial score (nSPS) is 20.0. The second-order valence-electron chi connectivity index (χ2n) is 8.11. The molecule has 2 aliphatic rings. The number of carbonyl (C=O) groups excluding carboxylic acids is 2. The summed E-state index contributed by atoms with van der Waals surface area (Å²) in [5, 5.41) is 6.09. The SMILES string of the molecule is Cc1cccc(C(=O)NC(C(=O)NC2CCN(C3CC3)CC2)C(C)C)c1. The molecule has 5 heteroatoms. The lowest BCUT2D eigenvalue weighted by molar-refractivity contribution is -0.125. The maximum Gasteiger partial charge on any atom is 0.251 e. The average molecular weight is 357 g/mol. The van der Waals surface area contributed by atoms with E-state index in [1.165, 1.54) is 12.8 Å². The maximum absolute atomic E-state index is 12.8. The lowest BCUT2D eigenvalue weighted by Crippen LogP contribution is -2.54. The van der Waals surface area contributed by atoms with Gasteiger partial charge in [-0.2, -0.15) is 0 Å². The number of likely N-dealkylation sites (tertiary alicyclic amines) is 1. The quantitative estimate of drug-likeness (QED) is 0.822. The second kappa shape index (κ2) is 8.21. The van der Waals surface area contributed by atoms with Crippen LogP contribution >= 0.6 is 0 Å². The van der Waals surface area contributed by atoms with E-state index in [9.17, 15) is 9.59 Å². The topological polar surface area (TPSA) is 61.4 Å². The number of hydrogen-bond acceptors (Lipinski definition) is 3. The number of piperidine rings is 1. The molecular weight excluding hydrogens is 326 g/mol. The summed E-state index contributed by atoms with van der Waals surface area (Å²) >= 11 is 0. The molecule has 5 nitrogen and oxygen atoms in total. The molecule has 3 rings (SSSR count).